The van der Waals surface area contributed by atoms with E-state index in [1.807, 2.05) is 35.7 Å². The van der Waals surface area contributed by atoms with Crippen LogP contribution in [-0.4, -0.2) is 18.0 Å². The molecule has 4 heteroatoms. The number of ketones is 1. The van der Waals surface area contributed by atoms with Crippen molar-refractivity contribution >= 4 is 33.0 Å². The first-order valence-corrected chi connectivity index (χ1v) is 7.63. The van der Waals surface area contributed by atoms with E-state index in [4.69, 9.17) is 4.74 Å². The molecule has 0 radical (unpaired) electrons. The molecule has 0 aliphatic rings. The van der Waals surface area contributed by atoms with Crippen LogP contribution in [-0.2, 0) is 0 Å². The topological polar surface area (TPSA) is 46.5 Å². The molecule has 0 atom stereocenters. The molecule has 3 nitrogen and oxygen atoms in total. The van der Waals surface area contributed by atoms with Gasteiger partial charge in [-0.3, -0.25) is 4.79 Å². The molecule has 1 heterocycles. The third-order valence-corrected chi connectivity index (χ3v) is 4.27. The molecule has 1 N–H and O–H groups in total. The van der Waals surface area contributed by atoms with Crippen molar-refractivity contribution in [2.75, 3.05) is 7.11 Å². The van der Waals surface area contributed by atoms with E-state index in [0.717, 1.165) is 10.1 Å². The Morgan fingerprint density at radius 3 is 2.64 bits per heavy atom. The average molecular weight is 310 g/mol. The zero-order chi connectivity index (χ0) is 15.5. The molecule has 0 bridgehead atoms. The van der Waals surface area contributed by atoms with Crippen molar-refractivity contribution < 1.29 is 14.6 Å². The number of ether oxygens (including phenoxy) is 1. The number of allylic oxidation sites excluding steroid dienone is 1. The number of thiophene rings is 1. The van der Waals surface area contributed by atoms with Crippen LogP contribution in [0.3, 0.4) is 0 Å². The standard InChI is InChI=1S/C18H14O3S/c1-21-18-13(7-8-17-14(18)9-10-22-17)16(20)11-15(19)12-5-3-2-4-6-12/h2-11,19H,1H3. The average Bonchev–Trinajstić information content (AvgIpc) is 3.03. The number of carbonyl (C=O) groups is 1. The summed E-state index contributed by atoms with van der Waals surface area (Å²) in [5.41, 5.74) is 1.04. The number of benzene rings is 2. The molecule has 3 rings (SSSR count). The highest BCUT2D eigenvalue weighted by atomic mass is 32.1. The van der Waals surface area contributed by atoms with Crippen molar-refractivity contribution in [3.63, 3.8) is 0 Å². The van der Waals surface area contributed by atoms with Crippen LogP contribution in [0.5, 0.6) is 5.75 Å². The first-order chi connectivity index (χ1) is 10.7. The van der Waals surface area contributed by atoms with Crippen LogP contribution in [0.2, 0.25) is 0 Å². The molecular weight excluding hydrogens is 296 g/mol. The molecule has 0 fully saturated rings. The second-order valence-corrected chi connectivity index (χ2v) is 5.69. The number of aliphatic hydroxyl groups excluding tert-OH is 1. The Morgan fingerprint density at radius 2 is 1.91 bits per heavy atom. The summed E-state index contributed by atoms with van der Waals surface area (Å²) in [6.45, 7) is 0. The fraction of sp³-hybridized carbons (Fsp3) is 0.0556. The van der Waals surface area contributed by atoms with Gasteiger partial charge >= 0.3 is 0 Å². The normalized spacial score (nSPS) is 11.6. The van der Waals surface area contributed by atoms with Crippen LogP contribution in [0.4, 0.5) is 0 Å². The predicted molar refractivity (Wildman–Crippen MR) is 89.8 cm³/mol. The minimum absolute atomic E-state index is 0.0573. The first kappa shape index (κ1) is 14.4. The number of methoxy groups -OCH3 is 1. The summed E-state index contributed by atoms with van der Waals surface area (Å²) in [6.07, 6.45) is 1.23. The number of carbonyl (C=O) groups excluding carboxylic acids is 1. The Hall–Kier alpha value is -2.59. The molecule has 0 unspecified atom stereocenters. The van der Waals surface area contributed by atoms with Gasteiger partial charge in [0.25, 0.3) is 0 Å². The van der Waals surface area contributed by atoms with Gasteiger partial charge in [-0.2, -0.15) is 0 Å². The highest BCUT2D eigenvalue weighted by molar-refractivity contribution is 7.17. The van der Waals surface area contributed by atoms with E-state index in [-0.39, 0.29) is 11.5 Å². The molecule has 0 aliphatic carbocycles. The van der Waals surface area contributed by atoms with Crippen LogP contribution < -0.4 is 4.74 Å². The lowest BCUT2D eigenvalue weighted by molar-refractivity contribution is 0.104. The number of fused-ring (bicyclic) bond motifs is 1. The van der Waals surface area contributed by atoms with E-state index in [0.29, 0.717) is 16.9 Å². The quantitative estimate of drug-likeness (QED) is 0.432. The van der Waals surface area contributed by atoms with Gasteiger partial charge in [-0.15, -0.1) is 11.3 Å². The minimum Gasteiger partial charge on any atom is -0.507 e. The maximum Gasteiger partial charge on any atom is 0.193 e. The fourth-order valence-corrected chi connectivity index (χ4v) is 3.11. The summed E-state index contributed by atoms with van der Waals surface area (Å²) in [6, 6.07) is 14.5. The second-order valence-electron chi connectivity index (χ2n) is 4.74. The summed E-state index contributed by atoms with van der Waals surface area (Å²) in [5, 5.41) is 13.0. The van der Waals surface area contributed by atoms with Crippen molar-refractivity contribution in [1.82, 2.24) is 0 Å². The van der Waals surface area contributed by atoms with Crippen molar-refractivity contribution in [3.8, 4) is 5.75 Å². The van der Waals surface area contributed by atoms with Crippen LogP contribution >= 0.6 is 11.3 Å². The van der Waals surface area contributed by atoms with Crippen LogP contribution in [0.25, 0.3) is 15.8 Å². The van der Waals surface area contributed by atoms with Gasteiger partial charge in [-0.25, -0.2) is 0 Å². The summed E-state index contributed by atoms with van der Waals surface area (Å²) < 4.78 is 6.46. The van der Waals surface area contributed by atoms with Crippen LogP contribution in [0.1, 0.15) is 15.9 Å². The van der Waals surface area contributed by atoms with Gasteiger partial charge in [0.15, 0.2) is 5.78 Å². The summed E-state index contributed by atoms with van der Waals surface area (Å²) in [7, 11) is 1.55. The van der Waals surface area contributed by atoms with E-state index in [1.165, 1.54) is 6.08 Å². The van der Waals surface area contributed by atoms with E-state index in [2.05, 4.69) is 0 Å². The molecule has 3 aromatic rings. The van der Waals surface area contributed by atoms with Gasteiger partial charge in [0.1, 0.15) is 11.5 Å². The lowest BCUT2D eigenvalue weighted by Crippen LogP contribution is -2.00. The van der Waals surface area contributed by atoms with E-state index in [9.17, 15) is 9.90 Å². The van der Waals surface area contributed by atoms with Gasteiger partial charge < -0.3 is 9.84 Å². The van der Waals surface area contributed by atoms with Crippen LogP contribution in [0, 0.1) is 0 Å². The zero-order valence-electron chi connectivity index (χ0n) is 11.9. The monoisotopic (exact) mass is 310 g/mol. The maximum absolute atomic E-state index is 12.5. The Bertz CT molecular complexity index is 847. The molecular formula is C18H14O3S. The molecule has 22 heavy (non-hydrogen) atoms. The molecule has 0 aliphatic heterocycles. The Kier molecular flexibility index (Phi) is 3.94. The van der Waals surface area contributed by atoms with Gasteiger partial charge in [-0.1, -0.05) is 30.3 Å². The highest BCUT2D eigenvalue weighted by Crippen LogP contribution is 2.33. The predicted octanol–water partition coefficient (Wildman–Crippen LogP) is 4.69. The van der Waals surface area contributed by atoms with E-state index in [1.54, 1.807) is 36.6 Å². The number of hydrogen-bond acceptors (Lipinski definition) is 4. The zero-order valence-corrected chi connectivity index (χ0v) is 12.8. The summed E-state index contributed by atoms with van der Waals surface area (Å²) in [5.74, 6) is 0.199. The van der Waals surface area contributed by atoms with Crippen molar-refractivity contribution in [1.29, 1.82) is 0 Å². The van der Waals surface area contributed by atoms with Crippen molar-refractivity contribution in [3.05, 3.63) is 71.1 Å². The second kappa shape index (κ2) is 6.03. The lowest BCUT2D eigenvalue weighted by atomic mass is 10.0. The molecule has 0 spiro atoms. The van der Waals surface area contributed by atoms with E-state index >= 15 is 0 Å². The third-order valence-electron chi connectivity index (χ3n) is 3.39. The Labute approximate surface area is 132 Å². The number of aliphatic hydroxyl groups is 1. The molecule has 2 aromatic carbocycles. The SMILES string of the molecule is COc1c(C(=O)C=C(O)c2ccccc2)ccc2sccc12. The van der Waals surface area contributed by atoms with Gasteiger partial charge in [0.2, 0.25) is 0 Å². The summed E-state index contributed by atoms with van der Waals surface area (Å²) in [4.78, 5) is 12.5. The smallest absolute Gasteiger partial charge is 0.193 e. The number of rotatable bonds is 4. The highest BCUT2D eigenvalue weighted by Gasteiger charge is 2.15. The summed E-state index contributed by atoms with van der Waals surface area (Å²) >= 11 is 1.59. The van der Waals surface area contributed by atoms with E-state index < -0.39 is 0 Å². The third kappa shape index (κ3) is 2.61. The van der Waals surface area contributed by atoms with Gasteiger partial charge in [-0.05, 0) is 23.6 Å². The van der Waals surface area contributed by atoms with Gasteiger partial charge in [0.05, 0.1) is 12.7 Å². The molecule has 110 valence electrons. The first-order valence-electron chi connectivity index (χ1n) is 6.75. The molecule has 0 saturated carbocycles. The van der Waals surface area contributed by atoms with Crippen molar-refractivity contribution in [2.45, 2.75) is 0 Å². The van der Waals surface area contributed by atoms with Crippen molar-refractivity contribution in [2.24, 2.45) is 0 Å². The lowest BCUT2D eigenvalue weighted by Gasteiger charge is -2.07. The Morgan fingerprint density at radius 1 is 1.14 bits per heavy atom. The minimum atomic E-state index is -0.286. The molecule has 0 saturated heterocycles. The largest absolute Gasteiger partial charge is 0.507 e. The molecule has 1 aromatic heterocycles. The van der Waals surface area contributed by atoms with Gasteiger partial charge in [0, 0.05) is 21.7 Å². The Balaban J connectivity index is 2.02. The maximum atomic E-state index is 12.5. The molecule has 0 amide bonds. The number of hydrogen-bond donors (Lipinski definition) is 1. The van der Waals surface area contributed by atoms with Crippen LogP contribution in [0.15, 0.2) is 60.0 Å². The fourth-order valence-electron chi connectivity index (χ4n) is 2.33.